The molecule has 3 aromatic rings. The molecule has 3 rings (SSSR count). The molecule has 1 N–H and O–H groups in total. The molecule has 3 atom stereocenters. The Labute approximate surface area is 232 Å². The number of hydrogen-bond donors (Lipinski definition) is 1. The number of halogens is 1. The van der Waals surface area contributed by atoms with Crippen LogP contribution in [0.15, 0.2) is 84.9 Å². The number of aliphatic hydroxyl groups is 1. The molecular formula is C31H39ClO5Si. The van der Waals surface area contributed by atoms with Gasteiger partial charge in [0.15, 0.2) is 14.1 Å². The van der Waals surface area contributed by atoms with E-state index >= 15 is 0 Å². The Morgan fingerprint density at radius 2 is 1.39 bits per heavy atom. The molecule has 5 nitrogen and oxygen atoms in total. The average molecular weight is 555 g/mol. The van der Waals surface area contributed by atoms with Crippen LogP contribution in [-0.4, -0.2) is 38.0 Å². The van der Waals surface area contributed by atoms with Crippen molar-refractivity contribution in [2.45, 2.75) is 70.4 Å². The van der Waals surface area contributed by atoms with Gasteiger partial charge in [-0.1, -0.05) is 105 Å². The fourth-order valence-corrected chi connectivity index (χ4v) is 4.99. The van der Waals surface area contributed by atoms with Crippen LogP contribution >= 0.6 is 11.6 Å². The quantitative estimate of drug-likeness (QED) is 0.228. The third-order valence-corrected chi connectivity index (χ3v) is 11.7. The lowest BCUT2D eigenvalue weighted by atomic mass is 9.99. The van der Waals surface area contributed by atoms with E-state index in [0.29, 0.717) is 17.2 Å². The lowest BCUT2D eigenvalue weighted by molar-refractivity contribution is -0.149. The van der Waals surface area contributed by atoms with Crippen molar-refractivity contribution >= 4 is 25.7 Å². The Morgan fingerprint density at radius 3 is 1.92 bits per heavy atom. The first kappa shape index (κ1) is 30.2. The van der Waals surface area contributed by atoms with E-state index in [1.54, 1.807) is 24.3 Å². The van der Waals surface area contributed by atoms with Crippen molar-refractivity contribution in [3.05, 3.63) is 107 Å². The summed E-state index contributed by atoms with van der Waals surface area (Å²) in [5, 5.41) is 11.8. The molecule has 0 amide bonds. The molecule has 0 radical (unpaired) electrons. The number of aliphatic hydroxyl groups excluding tert-OH is 1. The second-order valence-electron chi connectivity index (χ2n) is 11.0. The van der Waals surface area contributed by atoms with E-state index in [2.05, 4.69) is 33.9 Å². The molecule has 204 valence electrons. The second-order valence-corrected chi connectivity index (χ2v) is 16.2. The molecule has 0 saturated heterocycles. The zero-order chi connectivity index (χ0) is 27.8. The molecular weight excluding hydrogens is 516 g/mol. The van der Waals surface area contributed by atoms with Gasteiger partial charge in [-0.2, -0.15) is 0 Å². The summed E-state index contributed by atoms with van der Waals surface area (Å²) in [6.45, 7) is 11.0. The monoisotopic (exact) mass is 554 g/mol. The highest BCUT2D eigenvalue weighted by Gasteiger charge is 2.44. The van der Waals surface area contributed by atoms with Crippen LogP contribution in [0.3, 0.4) is 0 Å². The number of hydrogen-bond acceptors (Lipinski definition) is 5. The summed E-state index contributed by atoms with van der Waals surface area (Å²) in [5.74, 6) is -0.346. The van der Waals surface area contributed by atoms with E-state index < -0.39 is 26.6 Å². The molecule has 0 spiro atoms. The van der Waals surface area contributed by atoms with E-state index in [1.165, 1.54) is 0 Å². The van der Waals surface area contributed by atoms with Gasteiger partial charge in [0.2, 0.25) is 0 Å². The molecule has 0 unspecified atom stereocenters. The van der Waals surface area contributed by atoms with Crippen LogP contribution in [0.5, 0.6) is 0 Å². The lowest BCUT2D eigenvalue weighted by Gasteiger charge is -2.40. The smallest absolute Gasteiger partial charge is 0.194 e. The molecule has 0 aromatic heterocycles. The Hall–Kier alpha value is -2.32. The highest BCUT2D eigenvalue weighted by Crippen LogP contribution is 2.39. The molecule has 38 heavy (non-hydrogen) atoms. The van der Waals surface area contributed by atoms with E-state index in [-0.39, 0.29) is 24.0 Å². The van der Waals surface area contributed by atoms with Gasteiger partial charge in [-0.05, 0) is 47.0 Å². The molecule has 0 heterocycles. The minimum absolute atomic E-state index is 0.0330. The number of Topliss-reactive ketones (excluding diaryl/α,β-unsaturated/α-hetero) is 1. The lowest BCUT2D eigenvalue weighted by Crippen LogP contribution is -2.51. The van der Waals surface area contributed by atoms with Crippen LogP contribution in [0.25, 0.3) is 0 Å². The minimum Gasteiger partial charge on any atom is -0.404 e. The molecule has 0 bridgehead atoms. The van der Waals surface area contributed by atoms with E-state index in [0.717, 1.165) is 11.1 Å². The second kappa shape index (κ2) is 13.6. The summed E-state index contributed by atoms with van der Waals surface area (Å²) in [6.07, 6.45) is -3.25. The largest absolute Gasteiger partial charge is 0.404 e. The Kier molecular flexibility index (Phi) is 10.9. The van der Waals surface area contributed by atoms with Crippen LogP contribution < -0.4 is 0 Å². The predicted molar refractivity (Wildman–Crippen MR) is 155 cm³/mol. The van der Waals surface area contributed by atoms with Crippen molar-refractivity contribution in [2.24, 2.45) is 0 Å². The third kappa shape index (κ3) is 8.60. The fourth-order valence-electron chi connectivity index (χ4n) is 3.63. The number of rotatable bonds is 13. The zero-order valence-corrected chi connectivity index (χ0v) is 24.7. The van der Waals surface area contributed by atoms with Gasteiger partial charge in [0.25, 0.3) is 0 Å². The third-order valence-electron chi connectivity index (χ3n) is 7.00. The normalized spacial score (nSPS) is 14.6. The number of benzene rings is 3. The van der Waals surface area contributed by atoms with E-state index in [4.69, 9.17) is 25.5 Å². The minimum atomic E-state index is -2.46. The standard InChI is InChI=1S/C31H39ClO5Si/c1-31(2,3)38(4,5)37-30(28(33)25-16-18-26(32)19-17-25)29(34)27(36-21-24-14-10-7-11-15-24)22-35-20-23-12-8-6-9-13-23/h6-19,27-28,30,33H,20-22H2,1-5H3/t27-,28-,30+/m0/s1. The fraction of sp³-hybridized carbons (Fsp3) is 0.387. The molecule has 3 aromatic carbocycles. The summed E-state index contributed by atoms with van der Waals surface area (Å²) < 4.78 is 18.7. The number of ether oxygens (including phenoxy) is 2. The maximum absolute atomic E-state index is 14.1. The van der Waals surface area contributed by atoms with Gasteiger partial charge in [-0.3, -0.25) is 4.79 Å². The van der Waals surface area contributed by atoms with E-state index in [9.17, 15) is 9.90 Å². The first-order chi connectivity index (χ1) is 18.0. The van der Waals surface area contributed by atoms with Gasteiger partial charge in [0, 0.05) is 5.02 Å². The van der Waals surface area contributed by atoms with Crippen molar-refractivity contribution in [2.75, 3.05) is 6.61 Å². The summed E-state index contributed by atoms with van der Waals surface area (Å²) in [4.78, 5) is 14.1. The summed E-state index contributed by atoms with van der Waals surface area (Å²) >= 11 is 6.07. The Balaban J connectivity index is 1.88. The first-order valence-electron chi connectivity index (χ1n) is 12.9. The summed E-state index contributed by atoms with van der Waals surface area (Å²) in [5.41, 5.74) is 2.49. The average Bonchev–Trinajstić information content (AvgIpc) is 2.89. The van der Waals surface area contributed by atoms with Gasteiger partial charge in [0.05, 0.1) is 19.8 Å². The van der Waals surface area contributed by atoms with Crippen LogP contribution in [0.2, 0.25) is 23.2 Å². The number of carbonyl (C=O) groups is 1. The van der Waals surface area contributed by atoms with Gasteiger partial charge >= 0.3 is 0 Å². The van der Waals surface area contributed by atoms with Crippen LogP contribution in [0, 0.1) is 0 Å². The van der Waals surface area contributed by atoms with Crippen molar-refractivity contribution in [3.8, 4) is 0 Å². The van der Waals surface area contributed by atoms with Crippen molar-refractivity contribution in [1.29, 1.82) is 0 Å². The van der Waals surface area contributed by atoms with Gasteiger partial charge in [0.1, 0.15) is 18.3 Å². The molecule has 7 heteroatoms. The van der Waals surface area contributed by atoms with Crippen LogP contribution in [-0.2, 0) is 31.9 Å². The molecule has 0 aliphatic carbocycles. The predicted octanol–water partition coefficient (Wildman–Crippen LogP) is 7.14. The van der Waals surface area contributed by atoms with Crippen molar-refractivity contribution in [3.63, 3.8) is 0 Å². The zero-order valence-electron chi connectivity index (χ0n) is 22.9. The SMILES string of the molecule is CC(C)(C)[Si](C)(C)O[C@@H](C(=O)[C@H](COCc1ccccc1)OCc1ccccc1)[C@@H](O)c1ccc(Cl)cc1. The van der Waals surface area contributed by atoms with E-state index in [1.807, 2.05) is 60.7 Å². The number of carbonyl (C=O) groups excluding carboxylic acids is 1. The molecule has 0 aliphatic heterocycles. The maximum atomic E-state index is 14.1. The molecule has 0 aliphatic rings. The van der Waals surface area contributed by atoms with Crippen molar-refractivity contribution in [1.82, 2.24) is 0 Å². The van der Waals surface area contributed by atoms with Gasteiger partial charge < -0.3 is 19.0 Å². The Morgan fingerprint density at radius 1 is 0.868 bits per heavy atom. The summed E-state index contributed by atoms with van der Waals surface area (Å²) in [7, 11) is -2.46. The highest BCUT2D eigenvalue weighted by atomic mass is 35.5. The Bertz CT molecular complexity index is 1130. The highest BCUT2D eigenvalue weighted by molar-refractivity contribution is 6.74. The topological polar surface area (TPSA) is 65.0 Å². The number of ketones is 1. The van der Waals surface area contributed by atoms with Crippen molar-refractivity contribution < 1.29 is 23.8 Å². The summed E-state index contributed by atoms with van der Waals surface area (Å²) in [6, 6.07) is 26.3. The van der Waals surface area contributed by atoms with Gasteiger partial charge in [-0.15, -0.1) is 0 Å². The van der Waals surface area contributed by atoms with Crippen LogP contribution in [0.4, 0.5) is 0 Å². The first-order valence-corrected chi connectivity index (χ1v) is 16.2. The molecule has 0 fully saturated rings. The maximum Gasteiger partial charge on any atom is 0.194 e. The van der Waals surface area contributed by atoms with Gasteiger partial charge in [-0.25, -0.2) is 0 Å². The molecule has 0 saturated carbocycles. The van der Waals surface area contributed by atoms with Crippen LogP contribution in [0.1, 0.15) is 43.6 Å².